The van der Waals surface area contributed by atoms with Gasteiger partial charge in [-0.3, -0.25) is 4.79 Å². The molecule has 1 aromatic carbocycles. The summed E-state index contributed by atoms with van der Waals surface area (Å²) in [6, 6.07) is 9.68. The lowest BCUT2D eigenvalue weighted by Crippen LogP contribution is -2.38. The Kier molecular flexibility index (Phi) is 10.7. The van der Waals surface area contributed by atoms with E-state index in [1.54, 1.807) is 7.05 Å². The number of benzene rings is 1. The molecule has 0 unspecified atom stereocenters. The topological polar surface area (TPSA) is 48.1 Å². The average molecular weight is 336 g/mol. The molecule has 5 heteroatoms. The molecule has 2 aromatic rings. The molecule has 0 aliphatic carbocycles. The Morgan fingerprint density at radius 1 is 1.22 bits per heavy atom. The fourth-order valence-corrected chi connectivity index (χ4v) is 2.19. The van der Waals surface area contributed by atoms with Crippen LogP contribution in [0.4, 0.5) is 0 Å². The third kappa shape index (κ3) is 6.02. The predicted molar refractivity (Wildman–Crippen MR) is 105 cm³/mol. The first-order chi connectivity index (χ1) is 11.2. The first-order valence-electron chi connectivity index (χ1n) is 8.23. The summed E-state index contributed by atoms with van der Waals surface area (Å²) in [6.45, 7) is 11.3. The number of fused-ring (bicyclic) bond motifs is 1. The lowest BCUT2D eigenvalue weighted by Gasteiger charge is -2.22. The molecule has 0 radical (unpaired) electrons. The van der Waals surface area contributed by atoms with E-state index >= 15 is 0 Å². The van der Waals surface area contributed by atoms with Crippen LogP contribution in [0.25, 0.3) is 10.9 Å². The van der Waals surface area contributed by atoms with Crippen molar-refractivity contribution in [3.8, 4) is 0 Å². The molecule has 0 spiro atoms. The smallest absolute Gasteiger partial charge is 0.253 e. The van der Waals surface area contributed by atoms with E-state index in [-0.39, 0.29) is 5.56 Å². The number of pyridine rings is 1. The van der Waals surface area contributed by atoms with Crippen LogP contribution in [0.5, 0.6) is 0 Å². The van der Waals surface area contributed by atoms with Gasteiger partial charge in [0.15, 0.2) is 5.11 Å². The summed E-state index contributed by atoms with van der Waals surface area (Å²) < 4.78 is 0. The van der Waals surface area contributed by atoms with Gasteiger partial charge in [0.25, 0.3) is 5.56 Å². The Labute approximate surface area is 144 Å². The van der Waals surface area contributed by atoms with Gasteiger partial charge in [-0.15, -0.1) is 0 Å². The molecule has 0 aliphatic heterocycles. The van der Waals surface area contributed by atoms with Crippen LogP contribution in [0.1, 0.15) is 40.2 Å². The van der Waals surface area contributed by atoms with E-state index in [2.05, 4.69) is 10.3 Å². The maximum absolute atomic E-state index is 12.0. The second kappa shape index (κ2) is 11.7. The van der Waals surface area contributed by atoms with Crippen molar-refractivity contribution < 1.29 is 0 Å². The number of hydrogen-bond donors (Lipinski definition) is 2. The molecule has 0 aliphatic rings. The molecule has 0 amide bonds. The lowest BCUT2D eigenvalue weighted by molar-refractivity contribution is 0.429. The highest BCUT2D eigenvalue weighted by atomic mass is 32.1. The summed E-state index contributed by atoms with van der Waals surface area (Å²) in [6.07, 6.45) is 0. The van der Waals surface area contributed by atoms with E-state index < -0.39 is 0 Å². The summed E-state index contributed by atoms with van der Waals surface area (Å²) >= 11 is 5.22. The van der Waals surface area contributed by atoms with E-state index in [1.807, 2.05) is 69.9 Å². The summed E-state index contributed by atoms with van der Waals surface area (Å²) in [4.78, 5) is 16.9. The number of hydrogen-bond acceptors (Lipinski definition) is 2. The van der Waals surface area contributed by atoms with Gasteiger partial charge in [-0.05, 0) is 36.7 Å². The summed E-state index contributed by atoms with van der Waals surface area (Å²) in [7, 11) is 1.79. The van der Waals surface area contributed by atoms with Crippen LogP contribution in [0.15, 0.2) is 35.1 Å². The number of rotatable bonds is 3. The maximum atomic E-state index is 12.0. The Balaban J connectivity index is 0.00000112. The quantitative estimate of drug-likeness (QED) is 0.835. The van der Waals surface area contributed by atoms with Gasteiger partial charge < -0.3 is 15.2 Å². The first kappa shape index (κ1) is 21.1. The second-order valence-corrected chi connectivity index (χ2v) is 4.67. The Hall–Kier alpha value is -1.88. The normalized spacial score (nSPS) is 9.13. The van der Waals surface area contributed by atoms with Crippen molar-refractivity contribution in [1.29, 1.82) is 0 Å². The van der Waals surface area contributed by atoms with Gasteiger partial charge in [-0.1, -0.05) is 45.9 Å². The fraction of sp³-hybridized carbons (Fsp3) is 0.444. The van der Waals surface area contributed by atoms with E-state index in [9.17, 15) is 4.79 Å². The highest BCUT2D eigenvalue weighted by molar-refractivity contribution is 7.80. The Bertz CT molecular complexity index is 652. The van der Waals surface area contributed by atoms with Gasteiger partial charge in [0.05, 0.1) is 6.54 Å². The van der Waals surface area contributed by atoms with E-state index in [1.165, 1.54) is 0 Å². The van der Waals surface area contributed by atoms with E-state index in [0.29, 0.717) is 11.7 Å². The minimum absolute atomic E-state index is 0.0592. The van der Waals surface area contributed by atoms with Crippen molar-refractivity contribution >= 4 is 28.2 Å². The first-order valence-corrected chi connectivity index (χ1v) is 8.64. The van der Waals surface area contributed by atoms with Crippen molar-refractivity contribution in [2.24, 2.45) is 0 Å². The fourth-order valence-electron chi connectivity index (χ4n) is 2.00. The number of aromatic nitrogens is 1. The zero-order valence-electron chi connectivity index (χ0n) is 15.1. The highest BCUT2D eigenvalue weighted by Gasteiger charge is 2.10. The minimum atomic E-state index is -0.0592. The molecule has 1 aromatic heterocycles. The van der Waals surface area contributed by atoms with Crippen molar-refractivity contribution in [1.82, 2.24) is 15.2 Å². The van der Waals surface area contributed by atoms with Crippen LogP contribution in [0.3, 0.4) is 0 Å². The van der Waals surface area contributed by atoms with E-state index in [0.717, 1.165) is 23.0 Å². The molecule has 0 saturated heterocycles. The van der Waals surface area contributed by atoms with Crippen LogP contribution in [0, 0.1) is 0 Å². The number of nitrogens with zero attached hydrogens (tertiary/aromatic N) is 1. The number of thiocarbonyl (C=S) groups is 1. The largest absolute Gasteiger partial charge is 0.366 e. The molecule has 0 atom stereocenters. The molecular weight excluding hydrogens is 306 g/mol. The maximum Gasteiger partial charge on any atom is 0.253 e. The predicted octanol–water partition coefficient (Wildman–Crippen LogP) is 3.91. The van der Waals surface area contributed by atoms with Crippen LogP contribution in [-0.2, 0) is 6.54 Å². The average Bonchev–Trinajstić information content (AvgIpc) is 2.62. The van der Waals surface area contributed by atoms with E-state index in [4.69, 9.17) is 12.2 Å². The molecular formula is C18H29N3OS. The molecule has 0 saturated carbocycles. The Morgan fingerprint density at radius 3 is 2.39 bits per heavy atom. The third-order valence-electron chi connectivity index (χ3n) is 3.07. The van der Waals surface area contributed by atoms with Crippen molar-refractivity contribution in [3.05, 3.63) is 46.2 Å². The minimum Gasteiger partial charge on any atom is -0.366 e. The molecule has 23 heavy (non-hydrogen) atoms. The lowest BCUT2D eigenvalue weighted by atomic mass is 10.1. The SMILES string of the molecule is CC.CC.CCN(Cc1cc2ccccc2[nH]c1=O)C(=S)NC. The standard InChI is InChI=1S/C14H17N3OS.2C2H6/c1-3-17(14(19)15-2)9-11-8-10-6-4-5-7-12(10)16-13(11)18;2*1-2/h4-8H,3,9H2,1-2H3,(H,15,19)(H,16,18);2*1-2H3. The Morgan fingerprint density at radius 2 is 1.83 bits per heavy atom. The van der Waals surface area contributed by atoms with Gasteiger partial charge in [-0.2, -0.15) is 0 Å². The van der Waals surface area contributed by atoms with Crippen LogP contribution in [-0.4, -0.2) is 28.6 Å². The van der Waals surface area contributed by atoms with Crippen LogP contribution < -0.4 is 10.9 Å². The van der Waals surface area contributed by atoms with Gasteiger partial charge in [0.1, 0.15) is 0 Å². The van der Waals surface area contributed by atoms with Gasteiger partial charge >= 0.3 is 0 Å². The molecule has 4 nitrogen and oxygen atoms in total. The van der Waals surface area contributed by atoms with Crippen LogP contribution >= 0.6 is 12.2 Å². The van der Waals surface area contributed by atoms with Gasteiger partial charge in [-0.25, -0.2) is 0 Å². The van der Waals surface area contributed by atoms with Crippen molar-refractivity contribution in [3.63, 3.8) is 0 Å². The summed E-state index contributed by atoms with van der Waals surface area (Å²) in [5.74, 6) is 0. The summed E-state index contributed by atoms with van der Waals surface area (Å²) in [5, 5.41) is 4.62. The summed E-state index contributed by atoms with van der Waals surface area (Å²) in [5.41, 5.74) is 1.52. The number of para-hydroxylation sites is 1. The third-order valence-corrected chi connectivity index (χ3v) is 3.54. The molecule has 1 heterocycles. The molecule has 2 rings (SSSR count). The zero-order chi connectivity index (χ0) is 17.8. The molecule has 0 bridgehead atoms. The van der Waals surface area contributed by atoms with Crippen molar-refractivity contribution in [2.45, 2.75) is 41.2 Å². The monoisotopic (exact) mass is 335 g/mol. The van der Waals surface area contributed by atoms with Crippen LogP contribution in [0.2, 0.25) is 0 Å². The van der Waals surface area contributed by atoms with Gasteiger partial charge in [0, 0.05) is 24.7 Å². The number of H-pyrrole nitrogens is 1. The molecule has 0 fully saturated rings. The number of nitrogens with one attached hydrogen (secondary N) is 2. The second-order valence-electron chi connectivity index (χ2n) is 4.28. The zero-order valence-corrected chi connectivity index (χ0v) is 15.9. The number of aromatic amines is 1. The highest BCUT2D eigenvalue weighted by Crippen LogP contribution is 2.11. The molecule has 128 valence electrons. The van der Waals surface area contributed by atoms with Gasteiger partial charge in [0.2, 0.25) is 0 Å². The van der Waals surface area contributed by atoms with Crippen molar-refractivity contribution in [2.75, 3.05) is 13.6 Å². The molecule has 2 N–H and O–H groups in total.